The first-order valence-electron chi connectivity index (χ1n) is 5.97. The summed E-state index contributed by atoms with van der Waals surface area (Å²) < 4.78 is 37.2. The molecule has 104 valence electrons. The Hall–Kier alpha value is -2.01. The Kier molecular flexibility index (Phi) is 3.99. The molecule has 3 nitrogen and oxygen atoms in total. The quantitative estimate of drug-likeness (QED) is 0.814. The minimum atomic E-state index is -3.50. The molecule has 0 N–H and O–H groups in total. The molecule has 0 atom stereocenters. The fraction of sp³-hybridized carbons (Fsp3) is 0.133. The zero-order valence-corrected chi connectivity index (χ0v) is 11.7. The van der Waals surface area contributed by atoms with Gasteiger partial charge in [-0.15, -0.1) is 0 Å². The Balaban J connectivity index is 2.26. The Morgan fingerprint density at radius 3 is 2.05 bits per heavy atom. The topological polar surface area (TPSA) is 51.2 Å². The van der Waals surface area contributed by atoms with Crippen molar-refractivity contribution >= 4 is 15.6 Å². The molecule has 0 saturated heterocycles. The van der Waals surface area contributed by atoms with Crippen molar-refractivity contribution in [2.24, 2.45) is 0 Å². The molecule has 0 aliphatic heterocycles. The molecular weight excluding hydrogens is 279 g/mol. The molecular formula is C15H13FO3S. The van der Waals surface area contributed by atoms with Crippen molar-refractivity contribution in [3.05, 3.63) is 65.5 Å². The predicted molar refractivity (Wildman–Crippen MR) is 73.7 cm³/mol. The molecule has 2 aromatic carbocycles. The van der Waals surface area contributed by atoms with Gasteiger partial charge in [-0.2, -0.15) is 0 Å². The van der Waals surface area contributed by atoms with Crippen LogP contribution in [0.25, 0.3) is 0 Å². The van der Waals surface area contributed by atoms with Crippen LogP contribution >= 0.6 is 0 Å². The second-order valence-corrected chi connectivity index (χ2v) is 6.46. The van der Waals surface area contributed by atoms with Crippen LogP contribution in [0.4, 0.5) is 4.39 Å². The van der Waals surface area contributed by atoms with E-state index in [0.29, 0.717) is 11.1 Å². The number of carbonyl (C=O) groups excluding carboxylic acids is 1. The van der Waals surface area contributed by atoms with E-state index in [9.17, 15) is 17.6 Å². The van der Waals surface area contributed by atoms with Crippen molar-refractivity contribution in [3.63, 3.8) is 0 Å². The highest BCUT2D eigenvalue weighted by molar-refractivity contribution is 7.90. The zero-order valence-electron chi connectivity index (χ0n) is 10.8. The number of hydrogen-bond donors (Lipinski definition) is 0. The number of carbonyl (C=O) groups is 1. The Labute approximate surface area is 117 Å². The molecule has 0 spiro atoms. The molecule has 2 rings (SSSR count). The normalized spacial score (nSPS) is 11.3. The number of rotatable bonds is 4. The molecule has 0 heterocycles. The SMILES string of the molecule is CC(=O)c1ccc(S(=O)(=O)Cc2ccc(F)cc2)cc1. The maximum atomic E-state index is 12.8. The number of Topliss-reactive ketones (excluding diaryl/α,β-unsaturated/α-hetero) is 1. The highest BCUT2D eigenvalue weighted by atomic mass is 32.2. The van der Waals surface area contributed by atoms with E-state index in [1.54, 1.807) is 0 Å². The smallest absolute Gasteiger partial charge is 0.182 e. The summed E-state index contributed by atoms with van der Waals surface area (Å²) in [6, 6.07) is 11.1. The van der Waals surface area contributed by atoms with Crippen molar-refractivity contribution in [1.29, 1.82) is 0 Å². The average Bonchev–Trinajstić information content (AvgIpc) is 2.41. The van der Waals surface area contributed by atoms with E-state index in [0.717, 1.165) is 0 Å². The van der Waals surface area contributed by atoms with E-state index in [1.165, 1.54) is 55.5 Å². The predicted octanol–water partition coefficient (Wildman–Crippen LogP) is 3.00. The number of benzene rings is 2. The number of sulfone groups is 1. The van der Waals surface area contributed by atoms with E-state index in [4.69, 9.17) is 0 Å². The summed E-state index contributed by atoms with van der Waals surface area (Å²) in [7, 11) is -3.50. The molecule has 0 aliphatic carbocycles. The Bertz CT molecular complexity index is 717. The summed E-state index contributed by atoms with van der Waals surface area (Å²) in [5.41, 5.74) is 0.979. The lowest BCUT2D eigenvalue weighted by Crippen LogP contribution is -2.05. The lowest BCUT2D eigenvalue weighted by atomic mass is 10.2. The summed E-state index contributed by atoms with van der Waals surface area (Å²) in [5.74, 6) is -0.725. The van der Waals surface area contributed by atoms with Crippen molar-refractivity contribution < 1.29 is 17.6 Å². The zero-order chi connectivity index (χ0) is 14.8. The van der Waals surface area contributed by atoms with Gasteiger partial charge in [0.1, 0.15) is 5.82 Å². The molecule has 2 aromatic rings. The molecule has 0 amide bonds. The van der Waals surface area contributed by atoms with Crippen LogP contribution in [-0.2, 0) is 15.6 Å². The van der Waals surface area contributed by atoms with Crippen LogP contribution in [0.15, 0.2) is 53.4 Å². The second-order valence-electron chi connectivity index (χ2n) is 4.47. The molecule has 0 saturated carbocycles. The minimum absolute atomic E-state index is 0.118. The molecule has 0 radical (unpaired) electrons. The van der Waals surface area contributed by atoms with Crippen LogP contribution in [-0.4, -0.2) is 14.2 Å². The van der Waals surface area contributed by atoms with E-state index in [-0.39, 0.29) is 16.4 Å². The van der Waals surface area contributed by atoms with Crippen molar-refractivity contribution in [1.82, 2.24) is 0 Å². The first kappa shape index (κ1) is 14.4. The van der Waals surface area contributed by atoms with E-state index >= 15 is 0 Å². The van der Waals surface area contributed by atoms with Gasteiger partial charge in [0.25, 0.3) is 0 Å². The maximum absolute atomic E-state index is 12.8. The first-order chi connectivity index (χ1) is 9.38. The molecule has 0 aliphatic rings. The molecule has 0 fully saturated rings. The first-order valence-corrected chi connectivity index (χ1v) is 7.62. The standard InChI is InChI=1S/C15H13FO3S/c1-11(17)13-4-8-15(9-5-13)20(18,19)10-12-2-6-14(16)7-3-12/h2-9H,10H2,1H3. The summed E-state index contributed by atoms with van der Waals surface area (Å²) in [5, 5.41) is 0. The van der Waals surface area contributed by atoms with Crippen LogP contribution in [0.2, 0.25) is 0 Å². The van der Waals surface area contributed by atoms with Crippen molar-refractivity contribution in [3.8, 4) is 0 Å². The third kappa shape index (κ3) is 3.30. The lowest BCUT2D eigenvalue weighted by molar-refractivity contribution is 0.101. The molecule has 5 heteroatoms. The van der Waals surface area contributed by atoms with Crippen molar-refractivity contribution in [2.75, 3.05) is 0 Å². The highest BCUT2D eigenvalue weighted by Gasteiger charge is 2.15. The fourth-order valence-corrected chi connectivity index (χ4v) is 3.13. The van der Waals surface area contributed by atoms with Crippen LogP contribution in [0.5, 0.6) is 0 Å². The van der Waals surface area contributed by atoms with Crippen molar-refractivity contribution in [2.45, 2.75) is 17.6 Å². The second kappa shape index (κ2) is 5.54. The van der Waals surface area contributed by atoms with Crippen LogP contribution in [0.1, 0.15) is 22.8 Å². The summed E-state index contributed by atoms with van der Waals surface area (Å²) in [4.78, 5) is 11.3. The summed E-state index contributed by atoms with van der Waals surface area (Å²) in [6.07, 6.45) is 0. The monoisotopic (exact) mass is 292 g/mol. The van der Waals surface area contributed by atoms with Gasteiger partial charge < -0.3 is 0 Å². The van der Waals surface area contributed by atoms with Crippen LogP contribution < -0.4 is 0 Å². The number of hydrogen-bond acceptors (Lipinski definition) is 3. The highest BCUT2D eigenvalue weighted by Crippen LogP contribution is 2.17. The van der Waals surface area contributed by atoms with E-state index in [1.807, 2.05) is 0 Å². The van der Waals surface area contributed by atoms with Gasteiger partial charge in [0.15, 0.2) is 15.6 Å². The van der Waals surface area contributed by atoms with Gasteiger partial charge in [0.05, 0.1) is 10.6 Å². The largest absolute Gasteiger partial charge is 0.295 e. The number of ketones is 1. The molecule has 0 unspecified atom stereocenters. The lowest BCUT2D eigenvalue weighted by Gasteiger charge is -2.05. The molecule has 0 aromatic heterocycles. The van der Waals surface area contributed by atoms with Gasteiger partial charge in [0, 0.05) is 5.56 Å². The van der Waals surface area contributed by atoms with E-state index in [2.05, 4.69) is 0 Å². The summed E-state index contributed by atoms with van der Waals surface area (Å²) >= 11 is 0. The minimum Gasteiger partial charge on any atom is -0.295 e. The van der Waals surface area contributed by atoms with E-state index < -0.39 is 15.7 Å². The van der Waals surface area contributed by atoms with Gasteiger partial charge in [-0.1, -0.05) is 24.3 Å². The molecule has 20 heavy (non-hydrogen) atoms. The van der Waals surface area contributed by atoms with Gasteiger partial charge in [-0.05, 0) is 36.8 Å². The fourth-order valence-electron chi connectivity index (χ4n) is 1.78. The summed E-state index contributed by atoms with van der Waals surface area (Å²) in [6.45, 7) is 1.42. The number of halogens is 1. The molecule has 0 bridgehead atoms. The van der Waals surface area contributed by atoms with Gasteiger partial charge in [0.2, 0.25) is 0 Å². The average molecular weight is 292 g/mol. The van der Waals surface area contributed by atoms with Gasteiger partial charge in [-0.3, -0.25) is 4.79 Å². The van der Waals surface area contributed by atoms with Gasteiger partial charge >= 0.3 is 0 Å². The van der Waals surface area contributed by atoms with Crippen LogP contribution in [0.3, 0.4) is 0 Å². The van der Waals surface area contributed by atoms with Crippen LogP contribution in [0, 0.1) is 5.82 Å². The Morgan fingerprint density at radius 1 is 1.00 bits per heavy atom. The Morgan fingerprint density at radius 2 is 1.55 bits per heavy atom. The maximum Gasteiger partial charge on any atom is 0.182 e. The third-order valence-corrected chi connectivity index (χ3v) is 4.59. The van der Waals surface area contributed by atoms with Gasteiger partial charge in [-0.25, -0.2) is 12.8 Å². The third-order valence-electron chi connectivity index (χ3n) is 2.89.